The van der Waals surface area contributed by atoms with Crippen molar-refractivity contribution in [2.75, 3.05) is 11.1 Å². The van der Waals surface area contributed by atoms with Gasteiger partial charge in [-0.2, -0.15) is 0 Å². The van der Waals surface area contributed by atoms with Gasteiger partial charge in [0.15, 0.2) is 0 Å². The first kappa shape index (κ1) is 11.6. The smallest absolute Gasteiger partial charge is 0.214 e. The second-order valence-electron chi connectivity index (χ2n) is 4.46. The molecule has 0 aliphatic rings. The summed E-state index contributed by atoms with van der Waals surface area (Å²) in [6.45, 7) is 4.31. The van der Waals surface area contributed by atoms with Gasteiger partial charge in [0.1, 0.15) is 5.76 Å². The van der Waals surface area contributed by atoms with Gasteiger partial charge in [0.05, 0.1) is 23.3 Å². The molecule has 0 aliphatic carbocycles. The Balaban J connectivity index is 1.78. The molecule has 6 heteroatoms. The summed E-state index contributed by atoms with van der Waals surface area (Å²) in [5.74, 6) is 2.17. The molecule has 98 valence electrons. The van der Waals surface area contributed by atoms with Gasteiger partial charge in [0, 0.05) is 5.69 Å². The van der Waals surface area contributed by atoms with E-state index in [1.165, 1.54) is 0 Å². The molecule has 6 nitrogen and oxygen atoms in total. The molecule has 0 aliphatic heterocycles. The van der Waals surface area contributed by atoms with Gasteiger partial charge in [-0.15, -0.1) is 0 Å². The largest absolute Gasteiger partial charge is 0.444 e. The Hall–Kier alpha value is -2.50. The molecule has 0 atom stereocenters. The van der Waals surface area contributed by atoms with Gasteiger partial charge in [-0.1, -0.05) is 0 Å². The van der Waals surface area contributed by atoms with E-state index in [1.807, 2.05) is 32.0 Å². The van der Waals surface area contributed by atoms with Gasteiger partial charge in [0.2, 0.25) is 11.8 Å². The number of benzene rings is 1. The number of hydrogen-bond donors (Lipinski definition) is 3. The fourth-order valence-corrected chi connectivity index (χ4v) is 1.89. The molecule has 3 rings (SSSR count). The maximum absolute atomic E-state index is 5.72. The van der Waals surface area contributed by atoms with E-state index in [0.29, 0.717) is 24.1 Å². The van der Waals surface area contributed by atoms with Gasteiger partial charge in [-0.25, -0.2) is 9.97 Å². The minimum atomic E-state index is 0.490. The average molecular weight is 257 g/mol. The van der Waals surface area contributed by atoms with Crippen LogP contribution in [0.5, 0.6) is 0 Å². The van der Waals surface area contributed by atoms with Crippen molar-refractivity contribution in [3.05, 3.63) is 35.5 Å². The number of aromatic nitrogens is 3. The highest BCUT2D eigenvalue weighted by Crippen LogP contribution is 2.17. The van der Waals surface area contributed by atoms with Gasteiger partial charge in [-0.3, -0.25) is 0 Å². The zero-order valence-corrected chi connectivity index (χ0v) is 10.8. The zero-order valence-electron chi connectivity index (χ0n) is 10.8. The highest BCUT2D eigenvalue weighted by Gasteiger charge is 2.07. The first-order chi connectivity index (χ1) is 9.11. The normalized spacial score (nSPS) is 11.1. The van der Waals surface area contributed by atoms with E-state index in [-0.39, 0.29) is 0 Å². The van der Waals surface area contributed by atoms with Crippen molar-refractivity contribution in [1.29, 1.82) is 0 Å². The van der Waals surface area contributed by atoms with Crippen LogP contribution < -0.4 is 11.1 Å². The van der Waals surface area contributed by atoms with E-state index >= 15 is 0 Å². The molecule has 2 aromatic heterocycles. The van der Waals surface area contributed by atoms with Crippen LogP contribution in [0.1, 0.15) is 17.3 Å². The van der Waals surface area contributed by atoms with Crippen LogP contribution in [-0.2, 0) is 6.54 Å². The minimum Gasteiger partial charge on any atom is -0.444 e. The van der Waals surface area contributed by atoms with E-state index in [4.69, 9.17) is 10.2 Å². The molecule has 4 N–H and O–H groups in total. The Morgan fingerprint density at radius 2 is 2.16 bits per heavy atom. The fraction of sp³-hybridized carbons (Fsp3) is 0.231. The molecule has 2 heterocycles. The topological polar surface area (TPSA) is 92.8 Å². The van der Waals surface area contributed by atoms with E-state index in [2.05, 4.69) is 20.3 Å². The molecule has 1 aromatic carbocycles. The summed E-state index contributed by atoms with van der Waals surface area (Å²) >= 11 is 0. The van der Waals surface area contributed by atoms with Crippen molar-refractivity contribution in [2.45, 2.75) is 20.4 Å². The van der Waals surface area contributed by atoms with Crippen LogP contribution in [-0.4, -0.2) is 15.0 Å². The molecule has 0 radical (unpaired) electrons. The summed E-state index contributed by atoms with van der Waals surface area (Å²) in [6.07, 6.45) is 0. The lowest BCUT2D eigenvalue weighted by atomic mass is 10.3. The van der Waals surface area contributed by atoms with E-state index in [1.54, 1.807) is 0 Å². The maximum Gasteiger partial charge on any atom is 0.214 e. The van der Waals surface area contributed by atoms with Gasteiger partial charge in [-0.05, 0) is 32.0 Å². The van der Waals surface area contributed by atoms with E-state index in [9.17, 15) is 0 Å². The Morgan fingerprint density at radius 1 is 1.32 bits per heavy atom. The van der Waals surface area contributed by atoms with Crippen molar-refractivity contribution in [3.63, 3.8) is 0 Å². The van der Waals surface area contributed by atoms with Crippen LogP contribution in [0.2, 0.25) is 0 Å². The standard InChI is InChI=1S/C13H15N5O/c1-7-8(2)19-12(16-7)6-15-13-17-10-4-3-9(14)5-11(10)18-13/h3-5H,6,14H2,1-2H3,(H2,15,17,18). The third kappa shape index (κ3) is 2.24. The summed E-state index contributed by atoms with van der Waals surface area (Å²) in [4.78, 5) is 11.9. The summed E-state index contributed by atoms with van der Waals surface area (Å²) < 4.78 is 5.49. The number of nitrogen functional groups attached to an aromatic ring is 1. The molecule has 0 saturated carbocycles. The molecule has 19 heavy (non-hydrogen) atoms. The summed E-state index contributed by atoms with van der Waals surface area (Å²) in [6, 6.07) is 5.56. The van der Waals surface area contributed by atoms with Crippen LogP contribution in [0.25, 0.3) is 11.0 Å². The lowest BCUT2D eigenvalue weighted by molar-refractivity contribution is 0.478. The monoisotopic (exact) mass is 257 g/mol. The van der Waals surface area contributed by atoms with Crippen molar-refractivity contribution < 1.29 is 4.42 Å². The van der Waals surface area contributed by atoms with Crippen molar-refractivity contribution in [1.82, 2.24) is 15.0 Å². The van der Waals surface area contributed by atoms with Gasteiger partial charge >= 0.3 is 0 Å². The number of fused-ring (bicyclic) bond motifs is 1. The number of oxazole rings is 1. The third-order valence-electron chi connectivity index (χ3n) is 2.99. The predicted octanol–water partition coefficient (Wildman–Crippen LogP) is 2.36. The number of aromatic amines is 1. The number of nitrogens with two attached hydrogens (primary N) is 1. The lowest BCUT2D eigenvalue weighted by Gasteiger charge is -1.97. The summed E-state index contributed by atoms with van der Waals surface area (Å²) in [5, 5.41) is 3.15. The second-order valence-corrected chi connectivity index (χ2v) is 4.46. The van der Waals surface area contributed by atoms with Crippen LogP contribution in [0, 0.1) is 13.8 Å². The number of imidazole rings is 1. The predicted molar refractivity (Wildman–Crippen MR) is 73.8 cm³/mol. The van der Waals surface area contributed by atoms with Crippen LogP contribution in [0.3, 0.4) is 0 Å². The van der Waals surface area contributed by atoms with Gasteiger partial charge < -0.3 is 20.5 Å². The highest BCUT2D eigenvalue weighted by atomic mass is 16.4. The first-order valence-corrected chi connectivity index (χ1v) is 6.04. The van der Waals surface area contributed by atoms with Crippen molar-refractivity contribution in [3.8, 4) is 0 Å². The van der Waals surface area contributed by atoms with Crippen LogP contribution >= 0.6 is 0 Å². The second kappa shape index (κ2) is 4.31. The van der Waals surface area contributed by atoms with E-state index < -0.39 is 0 Å². The number of anilines is 2. The Morgan fingerprint density at radius 3 is 2.89 bits per heavy atom. The average Bonchev–Trinajstić information content (AvgIpc) is 2.90. The quantitative estimate of drug-likeness (QED) is 0.626. The summed E-state index contributed by atoms with van der Waals surface area (Å²) in [7, 11) is 0. The van der Waals surface area contributed by atoms with E-state index in [0.717, 1.165) is 22.5 Å². The number of nitrogens with one attached hydrogen (secondary N) is 2. The highest BCUT2D eigenvalue weighted by molar-refractivity contribution is 5.80. The molecule has 0 bridgehead atoms. The number of hydrogen-bond acceptors (Lipinski definition) is 5. The molecular weight excluding hydrogens is 242 g/mol. The lowest BCUT2D eigenvalue weighted by Crippen LogP contribution is -2.01. The SMILES string of the molecule is Cc1nc(CNc2nc3ccc(N)cc3[nH]2)oc1C. The third-order valence-corrected chi connectivity index (χ3v) is 2.99. The summed E-state index contributed by atoms with van der Waals surface area (Å²) in [5.41, 5.74) is 9.12. The van der Waals surface area contributed by atoms with Crippen molar-refractivity contribution in [2.24, 2.45) is 0 Å². The molecule has 0 fully saturated rings. The maximum atomic E-state index is 5.72. The molecule has 0 spiro atoms. The first-order valence-electron chi connectivity index (χ1n) is 6.04. The Bertz CT molecular complexity index is 708. The van der Waals surface area contributed by atoms with Crippen LogP contribution in [0.15, 0.2) is 22.6 Å². The molecule has 3 aromatic rings. The molecule has 0 unspecified atom stereocenters. The molecule has 0 saturated heterocycles. The molecule has 0 amide bonds. The zero-order chi connectivity index (χ0) is 13.4. The van der Waals surface area contributed by atoms with Crippen molar-refractivity contribution >= 4 is 22.7 Å². The fourth-order valence-electron chi connectivity index (χ4n) is 1.89. The Kier molecular flexibility index (Phi) is 2.63. The van der Waals surface area contributed by atoms with Crippen LogP contribution in [0.4, 0.5) is 11.6 Å². The number of rotatable bonds is 3. The number of H-pyrrole nitrogens is 1. The van der Waals surface area contributed by atoms with Gasteiger partial charge in [0.25, 0.3) is 0 Å². The minimum absolute atomic E-state index is 0.490. The Labute approximate surface area is 110 Å². The molecular formula is C13H15N5O. The number of nitrogens with zero attached hydrogens (tertiary/aromatic N) is 2. The number of aryl methyl sites for hydroxylation is 2.